The van der Waals surface area contributed by atoms with E-state index in [-0.39, 0.29) is 0 Å². The first kappa shape index (κ1) is 14.1. The first-order valence-electron chi connectivity index (χ1n) is 6.45. The summed E-state index contributed by atoms with van der Waals surface area (Å²) in [6.07, 6.45) is 0.980. The van der Waals surface area contributed by atoms with Crippen molar-refractivity contribution in [1.82, 2.24) is 0 Å². The molecule has 0 aromatic heterocycles. The van der Waals surface area contributed by atoms with Crippen LogP contribution in [-0.2, 0) is 6.42 Å². The van der Waals surface area contributed by atoms with Gasteiger partial charge in [-0.25, -0.2) is 0 Å². The summed E-state index contributed by atoms with van der Waals surface area (Å²) in [6, 6.07) is 14.8. The highest BCUT2D eigenvalue weighted by Crippen LogP contribution is 2.31. The number of hydrogen-bond donors (Lipinski definition) is 0. The molecule has 1 unspecified atom stereocenters. The first-order chi connectivity index (χ1) is 9.11. The maximum absolute atomic E-state index is 5.18. The van der Waals surface area contributed by atoms with E-state index < -0.39 is 0 Å². The second-order valence-corrected chi connectivity index (χ2v) is 5.91. The Hall–Kier alpha value is -1.28. The lowest BCUT2D eigenvalue weighted by Gasteiger charge is -2.15. The van der Waals surface area contributed by atoms with Crippen molar-refractivity contribution in [3.63, 3.8) is 0 Å². The van der Waals surface area contributed by atoms with Gasteiger partial charge in [0.25, 0.3) is 0 Å². The number of methoxy groups -OCH3 is 1. The zero-order valence-electron chi connectivity index (χ0n) is 11.6. The van der Waals surface area contributed by atoms with Crippen LogP contribution in [0.15, 0.2) is 42.5 Å². The standard InChI is InChI=1S/C17H19BrO/c1-12-5-4-6-16(13(12)2)17(18)11-14-7-9-15(19-3)10-8-14/h4-10,17H,11H2,1-3H3. The molecular weight excluding hydrogens is 300 g/mol. The Balaban J connectivity index is 2.15. The molecule has 0 saturated carbocycles. The Kier molecular flexibility index (Phi) is 4.65. The van der Waals surface area contributed by atoms with Gasteiger partial charge in [0.05, 0.1) is 7.11 Å². The molecule has 0 amide bonds. The second kappa shape index (κ2) is 6.25. The third-order valence-corrected chi connectivity index (χ3v) is 4.37. The van der Waals surface area contributed by atoms with Crippen LogP contribution in [0.25, 0.3) is 0 Å². The highest BCUT2D eigenvalue weighted by atomic mass is 79.9. The van der Waals surface area contributed by atoms with Crippen molar-refractivity contribution in [3.8, 4) is 5.75 Å². The lowest BCUT2D eigenvalue weighted by Crippen LogP contribution is -1.99. The fraction of sp³-hybridized carbons (Fsp3) is 0.294. The van der Waals surface area contributed by atoms with Gasteiger partial charge in [0.1, 0.15) is 5.75 Å². The number of hydrogen-bond acceptors (Lipinski definition) is 1. The fourth-order valence-corrected chi connectivity index (χ4v) is 3.06. The predicted molar refractivity (Wildman–Crippen MR) is 84.3 cm³/mol. The van der Waals surface area contributed by atoms with E-state index in [1.54, 1.807) is 7.11 Å². The highest BCUT2D eigenvalue weighted by Gasteiger charge is 2.12. The van der Waals surface area contributed by atoms with E-state index in [9.17, 15) is 0 Å². The minimum absolute atomic E-state index is 0.348. The van der Waals surface area contributed by atoms with Gasteiger partial charge in [0, 0.05) is 4.83 Å². The molecule has 0 aliphatic carbocycles. The van der Waals surface area contributed by atoms with Crippen molar-refractivity contribution < 1.29 is 4.74 Å². The van der Waals surface area contributed by atoms with Crippen LogP contribution in [0.4, 0.5) is 0 Å². The molecule has 0 aliphatic rings. The highest BCUT2D eigenvalue weighted by molar-refractivity contribution is 9.09. The monoisotopic (exact) mass is 318 g/mol. The number of alkyl halides is 1. The Morgan fingerprint density at radius 3 is 2.37 bits per heavy atom. The smallest absolute Gasteiger partial charge is 0.118 e. The SMILES string of the molecule is COc1ccc(CC(Br)c2cccc(C)c2C)cc1. The lowest BCUT2D eigenvalue weighted by atomic mass is 9.97. The van der Waals surface area contributed by atoms with Gasteiger partial charge < -0.3 is 4.74 Å². The molecule has 1 nitrogen and oxygen atoms in total. The maximum Gasteiger partial charge on any atom is 0.118 e. The summed E-state index contributed by atoms with van der Waals surface area (Å²) in [4.78, 5) is 0.348. The van der Waals surface area contributed by atoms with Crippen molar-refractivity contribution in [2.24, 2.45) is 0 Å². The number of aryl methyl sites for hydroxylation is 1. The minimum Gasteiger partial charge on any atom is -0.497 e. The molecule has 0 spiro atoms. The normalized spacial score (nSPS) is 12.2. The van der Waals surface area contributed by atoms with E-state index in [0.29, 0.717) is 4.83 Å². The molecule has 2 rings (SSSR count). The molecule has 100 valence electrons. The Morgan fingerprint density at radius 2 is 1.74 bits per heavy atom. The number of rotatable bonds is 4. The largest absolute Gasteiger partial charge is 0.497 e. The average Bonchev–Trinajstić information content (AvgIpc) is 2.42. The quantitative estimate of drug-likeness (QED) is 0.721. The van der Waals surface area contributed by atoms with Crippen LogP contribution in [0, 0.1) is 13.8 Å². The van der Waals surface area contributed by atoms with Crippen molar-refractivity contribution in [2.45, 2.75) is 25.1 Å². The summed E-state index contributed by atoms with van der Waals surface area (Å²) in [7, 11) is 1.69. The minimum atomic E-state index is 0.348. The van der Waals surface area contributed by atoms with Gasteiger partial charge in [-0.15, -0.1) is 0 Å². The summed E-state index contributed by atoms with van der Waals surface area (Å²) in [5.74, 6) is 0.904. The molecule has 0 radical (unpaired) electrons. The molecule has 0 saturated heterocycles. The molecule has 0 heterocycles. The van der Waals surface area contributed by atoms with E-state index >= 15 is 0 Å². The van der Waals surface area contributed by atoms with Gasteiger partial charge in [-0.05, 0) is 54.7 Å². The van der Waals surface area contributed by atoms with Gasteiger partial charge in [0.15, 0.2) is 0 Å². The number of halogens is 1. The fourth-order valence-electron chi connectivity index (χ4n) is 2.19. The zero-order valence-corrected chi connectivity index (χ0v) is 13.2. The van der Waals surface area contributed by atoms with Gasteiger partial charge in [-0.1, -0.05) is 46.3 Å². The molecule has 1 atom stereocenters. The lowest BCUT2D eigenvalue weighted by molar-refractivity contribution is 0.414. The van der Waals surface area contributed by atoms with E-state index in [4.69, 9.17) is 4.74 Å². The first-order valence-corrected chi connectivity index (χ1v) is 7.36. The van der Waals surface area contributed by atoms with Crippen molar-refractivity contribution >= 4 is 15.9 Å². The molecule has 2 aromatic carbocycles. The van der Waals surface area contributed by atoms with Gasteiger partial charge in [-0.3, -0.25) is 0 Å². The summed E-state index contributed by atoms with van der Waals surface area (Å²) >= 11 is 3.81. The third-order valence-electron chi connectivity index (χ3n) is 3.56. The summed E-state index contributed by atoms with van der Waals surface area (Å²) in [5.41, 5.74) is 5.40. The van der Waals surface area contributed by atoms with Crippen LogP contribution in [0.5, 0.6) is 5.75 Å². The molecule has 0 N–H and O–H groups in total. The topological polar surface area (TPSA) is 9.23 Å². The molecule has 0 aliphatic heterocycles. The summed E-state index contributed by atoms with van der Waals surface area (Å²) < 4.78 is 5.18. The van der Waals surface area contributed by atoms with Crippen LogP contribution >= 0.6 is 15.9 Å². The molecule has 0 bridgehead atoms. The van der Waals surface area contributed by atoms with Crippen LogP contribution in [0.3, 0.4) is 0 Å². The van der Waals surface area contributed by atoms with E-state index in [0.717, 1.165) is 12.2 Å². The third kappa shape index (κ3) is 3.38. The van der Waals surface area contributed by atoms with Gasteiger partial charge in [0.2, 0.25) is 0 Å². The molecular formula is C17H19BrO. The van der Waals surface area contributed by atoms with Crippen LogP contribution in [0.1, 0.15) is 27.1 Å². The Labute approximate surface area is 123 Å². The number of ether oxygens (including phenoxy) is 1. The van der Waals surface area contributed by atoms with Crippen molar-refractivity contribution in [2.75, 3.05) is 7.11 Å². The summed E-state index contributed by atoms with van der Waals surface area (Å²) in [6.45, 7) is 4.35. The second-order valence-electron chi connectivity index (χ2n) is 4.81. The van der Waals surface area contributed by atoms with Crippen LogP contribution in [0.2, 0.25) is 0 Å². The van der Waals surface area contributed by atoms with Crippen LogP contribution in [-0.4, -0.2) is 7.11 Å². The average molecular weight is 319 g/mol. The maximum atomic E-state index is 5.18. The molecule has 0 fully saturated rings. The Bertz CT molecular complexity index is 546. The molecule has 2 heteroatoms. The van der Waals surface area contributed by atoms with Crippen molar-refractivity contribution in [3.05, 3.63) is 64.7 Å². The number of benzene rings is 2. The molecule has 19 heavy (non-hydrogen) atoms. The van der Waals surface area contributed by atoms with E-state index in [1.807, 2.05) is 12.1 Å². The van der Waals surface area contributed by atoms with Gasteiger partial charge >= 0.3 is 0 Å². The predicted octanol–water partition coefficient (Wildman–Crippen LogP) is 4.99. The van der Waals surface area contributed by atoms with E-state index in [2.05, 4.69) is 60.1 Å². The van der Waals surface area contributed by atoms with E-state index in [1.165, 1.54) is 22.3 Å². The summed E-state index contributed by atoms with van der Waals surface area (Å²) in [5, 5.41) is 0. The van der Waals surface area contributed by atoms with Crippen LogP contribution < -0.4 is 4.74 Å². The Morgan fingerprint density at radius 1 is 1.05 bits per heavy atom. The molecule has 2 aromatic rings. The van der Waals surface area contributed by atoms with Crippen molar-refractivity contribution in [1.29, 1.82) is 0 Å². The van der Waals surface area contributed by atoms with Gasteiger partial charge in [-0.2, -0.15) is 0 Å². The zero-order chi connectivity index (χ0) is 13.8.